The van der Waals surface area contributed by atoms with E-state index in [2.05, 4.69) is 21.2 Å². The van der Waals surface area contributed by atoms with Crippen LogP contribution in [0.3, 0.4) is 0 Å². The maximum Gasteiger partial charge on any atom is 0.234 e. The van der Waals surface area contributed by atoms with Crippen LogP contribution in [0, 0.1) is 0 Å². The highest BCUT2D eigenvalue weighted by atomic mass is 79.9. The first-order chi connectivity index (χ1) is 14.2. The van der Waals surface area contributed by atoms with E-state index in [0.29, 0.717) is 0 Å². The molecule has 2 aromatic heterocycles. The first-order valence-electron chi connectivity index (χ1n) is 9.03. The molecule has 0 aliphatic rings. The summed E-state index contributed by atoms with van der Waals surface area (Å²) in [6.07, 6.45) is 0. The van der Waals surface area contributed by atoms with E-state index in [1.807, 2.05) is 77.2 Å². The number of benzene rings is 3. The van der Waals surface area contributed by atoms with E-state index in [4.69, 9.17) is 9.97 Å². The van der Waals surface area contributed by atoms with Gasteiger partial charge < -0.3 is 5.32 Å². The summed E-state index contributed by atoms with van der Waals surface area (Å²) in [5.74, 6) is 0.174. The summed E-state index contributed by atoms with van der Waals surface area (Å²) in [5.41, 5.74) is 4.38. The van der Waals surface area contributed by atoms with Crippen molar-refractivity contribution in [1.29, 1.82) is 0 Å². The molecule has 0 aliphatic heterocycles. The molecule has 0 unspecified atom stereocenters. The number of thioether (sulfide) groups is 1. The van der Waals surface area contributed by atoms with Crippen molar-refractivity contribution < 1.29 is 4.79 Å². The Bertz CT molecular complexity index is 1360. The normalized spacial score (nSPS) is 11.3. The number of amides is 1. The van der Waals surface area contributed by atoms with Gasteiger partial charge >= 0.3 is 0 Å². The number of carbonyl (C=O) groups is 1. The molecule has 0 radical (unpaired) electrons. The molecule has 2 heterocycles. The zero-order valence-corrected chi connectivity index (χ0v) is 17.6. The Morgan fingerprint density at radius 3 is 2.48 bits per heavy atom. The number of hydrogen-bond donors (Lipinski definition) is 1. The number of halogens is 1. The van der Waals surface area contributed by atoms with Crippen LogP contribution >= 0.6 is 27.7 Å². The number of imidazole rings is 1. The van der Waals surface area contributed by atoms with Gasteiger partial charge in [0.15, 0.2) is 5.16 Å². The van der Waals surface area contributed by atoms with Crippen LogP contribution in [0.25, 0.3) is 27.6 Å². The summed E-state index contributed by atoms with van der Waals surface area (Å²) in [7, 11) is 0. The van der Waals surface area contributed by atoms with Crippen LogP contribution in [0.15, 0.2) is 82.4 Å². The second-order valence-electron chi connectivity index (χ2n) is 6.51. The van der Waals surface area contributed by atoms with Gasteiger partial charge in [0, 0.05) is 15.5 Å². The molecule has 29 heavy (non-hydrogen) atoms. The minimum Gasteiger partial charge on any atom is -0.325 e. The van der Waals surface area contributed by atoms with E-state index in [9.17, 15) is 4.79 Å². The van der Waals surface area contributed by atoms with E-state index < -0.39 is 0 Å². The summed E-state index contributed by atoms with van der Waals surface area (Å²) < 4.78 is 3.01. The monoisotopic (exact) mass is 462 g/mol. The van der Waals surface area contributed by atoms with Crippen molar-refractivity contribution in [3.05, 3.63) is 77.3 Å². The maximum absolute atomic E-state index is 12.5. The SMILES string of the molecule is O=C(CSc1nc2ccccc2c2nc3ccccc3n12)Nc1ccc(Br)cc1. The maximum atomic E-state index is 12.5. The Kier molecular flexibility index (Phi) is 4.69. The predicted octanol–water partition coefficient (Wildman–Crippen LogP) is 5.53. The van der Waals surface area contributed by atoms with Crippen LogP contribution < -0.4 is 5.32 Å². The first-order valence-corrected chi connectivity index (χ1v) is 10.8. The molecule has 0 bridgehead atoms. The molecule has 0 atom stereocenters. The van der Waals surface area contributed by atoms with Gasteiger partial charge in [-0.2, -0.15) is 0 Å². The Balaban J connectivity index is 1.51. The second-order valence-corrected chi connectivity index (χ2v) is 8.37. The lowest BCUT2D eigenvalue weighted by atomic mass is 10.2. The standard InChI is InChI=1S/C22H15BrN4OS/c23-14-9-11-15(12-10-14)24-20(28)13-29-22-26-17-6-2-1-5-16(17)21-25-18-7-3-4-8-19(18)27(21)22/h1-12H,13H2,(H,24,28). The summed E-state index contributed by atoms with van der Waals surface area (Å²) >= 11 is 4.80. The summed E-state index contributed by atoms with van der Waals surface area (Å²) in [6, 6.07) is 23.4. The lowest BCUT2D eigenvalue weighted by Gasteiger charge is -2.09. The lowest BCUT2D eigenvalue weighted by Crippen LogP contribution is -2.14. The van der Waals surface area contributed by atoms with Crippen molar-refractivity contribution in [3.63, 3.8) is 0 Å². The smallest absolute Gasteiger partial charge is 0.234 e. The average Bonchev–Trinajstić information content (AvgIpc) is 3.14. The highest BCUT2D eigenvalue weighted by Crippen LogP contribution is 2.29. The highest BCUT2D eigenvalue weighted by molar-refractivity contribution is 9.10. The average molecular weight is 463 g/mol. The molecule has 7 heteroatoms. The molecule has 5 nitrogen and oxygen atoms in total. The molecule has 3 aromatic carbocycles. The fourth-order valence-electron chi connectivity index (χ4n) is 3.27. The van der Waals surface area contributed by atoms with Crippen molar-refractivity contribution in [3.8, 4) is 0 Å². The van der Waals surface area contributed by atoms with Gasteiger partial charge in [-0.25, -0.2) is 9.97 Å². The van der Waals surface area contributed by atoms with Gasteiger partial charge in [-0.3, -0.25) is 9.20 Å². The largest absolute Gasteiger partial charge is 0.325 e. The molecule has 1 N–H and O–H groups in total. The van der Waals surface area contributed by atoms with Crippen molar-refractivity contribution >= 4 is 66.9 Å². The summed E-state index contributed by atoms with van der Waals surface area (Å²) in [4.78, 5) is 22.1. The summed E-state index contributed by atoms with van der Waals surface area (Å²) in [5, 5.41) is 4.66. The van der Waals surface area contributed by atoms with E-state index in [1.165, 1.54) is 11.8 Å². The highest BCUT2D eigenvalue weighted by Gasteiger charge is 2.15. The summed E-state index contributed by atoms with van der Waals surface area (Å²) in [6.45, 7) is 0. The van der Waals surface area contributed by atoms with E-state index >= 15 is 0 Å². The lowest BCUT2D eigenvalue weighted by molar-refractivity contribution is -0.113. The molecular formula is C22H15BrN4OS. The third-order valence-electron chi connectivity index (χ3n) is 4.57. The Hall–Kier alpha value is -2.90. The van der Waals surface area contributed by atoms with Crippen LogP contribution in [0.1, 0.15) is 0 Å². The molecule has 0 saturated carbocycles. The number of carbonyl (C=O) groups excluding carboxylic acids is 1. The molecule has 0 saturated heterocycles. The van der Waals surface area contributed by atoms with Crippen molar-refractivity contribution in [1.82, 2.24) is 14.4 Å². The van der Waals surface area contributed by atoms with E-state index in [-0.39, 0.29) is 11.7 Å². The number of nitrogens with zero attached hydrogens (tertiary/aromatic N) is 3. The Labute approximate surface area is 179 Å². The molecule has 0 fully saturated rings. The minimum atomic E-state index is -0.0788. The third-order valence-corrected chi connectivity index (χ3v) is 6.04. The Morgan fingerprint density at radius 1 is 0.931 bits per heavy atom. The second kappa shape index (κ2) is 7.50. The van der Waals surface area contributed by atoms with Crippen LogP contribution in [0.4, 0.5) is 5.69 Å². The van der Waals surface area contributed by atoms with Crippen LogP contribution in [0.5, 0.6) is 0 Å². The zero-order chi connectivity index (χ0) is 19.8. The number of rotatable bonds is 4. The molecule has 5 aromatic rings. The van der Waals surface area contributed by atoms with Gasteiger partial charge in [-0.15, -0.1) is 0 Å². The number of nitrogens with one attached hydrogen (secondary N) is 1. The molecule has 142 valence electrons. The van der Waals surface area contributed by atoms with Gasteiger partial charge in [0.1, 0.15) is 5.65 Å². The van der Waals surface area contributed by atoms with Crippen molar-refractivity contribution in [2.24, 2.45) is 0 Å². The fraction of sp³-hybridized carbons (Fsp3) is 0.0455. The van der Waals surface area contributed by atoms with Gasteiger partial charge in [0.05, 0.1) is 22.3 Å². The number of fused-ring (bicyclic) bond motifs is 5. The molecule has 0 aliphatic carbocycles. The molecule has 5 rings (SSSR count). The van der Waals surface area contributed by atoms with Crippen LogP contribution in [-0.2, 0) is 4.79 Å². The van der Waals surface area contributed by atoms with Crippen molar-refractivity contribution in [2.45, 2.75) is 5.16 Å². The zero-order valence-electron chi connectivity index (χ0n) is 15.2. The number of para-hydroxylation sites is 3. The van der Waals surface area contributed by atoms with E-state index in [1.54, 1.807) is 0 Å². The van der Waals surface area contributed by atoms with Gasteiger partial charge in [0.2, 0.25) is 5.91 Å². The van der Waals surface area contributed by atoms with Crippen molar-refractivity contribution in [2.75, 3.05) is 11.1 Å². The molecule has 0 spiro atoms. The topological polar surface area (TPSA) is 59.3 Å². The Morgan fingerprint density at radius 2 is 1.66 bits per heavy atom. The van der Waals surface area contributed by atoms with Gasteiger partial charge in [-0.1, -0.05) is 52.0 Å². The van der Waals surface area contributed by atoms with Crippen LogP contribution in [0.2, 0.25) is 0 Å². The molecule has 1 amide bonds. The predicted molar refractivity (Wildman–Crippen MR) is 121 cm³/mol. The van der Waals surface area contributed by atoms with Gasteiger partial charge in [-0.05, 0) is 48.5 Å². The quantitative estimate of drug-likeness (QED) is 0.281. The number of aromatic nitrogens is 3. The first kappa shape index (κ1) is 18.1. The number of hydrogen-bond acceptors (Lipinski definition) is 4. The molecular weight excluding hydrogens is 448 g/mol. The minimum absolute atomic E-state index is 0.0788. The fourth-order valence-corrected chi connectivity index (χ4v) is 4.34. The van der Waals surface area contributed by atoms with E-state index in [0.717, 1.165) is 42.9 Å². The number of anilines is 1. The van der Waals surface area contributed by atoms with Crippen LogP contribution in [-0.4, -0.2) is 26.0 Å². The van der Waals surface area contributed by atoms with Gasteiger partial charge in [0.25, 0.3) is 0 Å². The third kappa shape index (κ3) is 3.47.